The lowest BCUT2D eigenvalue weighted by Crippen LogP contribution is -2.11. The van der Waals surface area contributed by atoms with Crippen molar-refractivity contribution in [2.24, 2.45) is 5.10 Å². The Morgan fingerprint density at radius 3 is 2.88 bits per heavy atom. The first kappa shape index (κ1) is 12.6. The molecular weight excluding hydrogens is 229 g/mol. The van der Waals surface area contributed by atoms with Crippen LogP contribution in [0.4, 0.5) is 10.2 Å². The van der Waals surface area contributed by atoms with Gasteiger partial charge in [-0.05, 0) is 25.0 Å². The highest BCUT2D eigenvalue weighted by Gasteiger charge is 2.13. The van der Waals surface area contributed by atoms with Crippen LogP contribution in [0.25, 0.3) is 0 Å². The molecule has 0 aliphatic rings. The van der Waals surface area contributed by atoms with E-state index < -0.39 is 5.82 Å². The largest absolute Gasteiger partial charge is 0.221 e. The van der Waals surface area contributed by atoms with Crippen LogP contribution in [0.2, 0.25) is 5.15 Å². The predicted molar refractivity (Wildman–Crippen MR) is 65.4 cm³/mol. The van der Waals surface area contributed by atoms with Crippen molar-refractivity contribution >= 4 is 23.6 Å². The number of hydrazone groups is 1. The minimum absolute atomic E-state index is 0.0512. The number of pyridine rings is 1. The highest BCUT2D eigenvalue weighted by molar-refractivity contribution is 6.30. The Morgan fingerprint density at radius 2 is 2.38 bits per heavy atom. The summed E-state index contributed by atoms with van der Waals surface area (Å²) in [6.45, 7) is 7.14. The summed E-state index contributed by atoms with van der Waals surface area (Å²) in [5.74, 6) is -0.415. The molecule has 1 heterocycles. The van der Waals surface area contributed by atoms with E-state index in [-0.39, 0.29) is 11.0 Å². The standard InChI is InChI=1S/C11H13ClFN3/c1-4-8-7-9(13)11(15-10(8)12)16(6-3)14-5-2/h5-7H,3-4H2,1-2H3/b14-5-. The first-order valence-corrected chi connectivity index (χ1v) is 5.27. The second-order valence-corrected chi connectivity index (χ2v) is 3.36. The lowest BCUT2D eigenvalue weighted by molar-refractivity contribution is 0.616. The molecule has 0 saturated carbocycles. The molecule has 0 fully saturated rings. The highest BCUT2D eigenvalue weighted by atomic mass is 35.5. The molecule has 0 amide bonds. The van der Waals surface area contributed by atoms with E-state index in [2.05, 4.69) is 16.7 Å². The van der Waals surface area contributed by atoms with Crippen molar-refractivity contribution in [3.63, 3.8) is 0 Å². The normalized spacial score (nSPS) is 10.8. The molecule has 16 heavy (non-hydrogen) atoms. The van der Waals surface area contributed by atoms with Crippen LogP contribution in [-0.4, -0.2) is 11.2 Å². The Kier molecular flexibility index (Phi) is 4.43. The van der Waals surface area contributed by atoms with Crippen molar-refractivity contribution in [2.75, 3.05) is 5.01 Å². The quantitative estimate of drug-likeness (QED) is 0.459. The Labute approximate surface area is 99.2 Å². The van der Waals surface area contributed by atoms with Crippen molar-refractivity contribution in [2.45, 2.75) is 20.3 Å². The lowest BCUT2D eigenvalue weighted by atomic mass is 10.2. The summed E-state index contributed by atoms with van der Waals surface area (Å²) in [7, 11) is 0. The fraction of sp³-hybridized carbons (Fsp3) is 0.273. The Bertz CT molecular complexity index is 418. The molecular formula is C11H13ClFN3. The fourth-order valence-corrected chi connectivity index (χ4v) is 1.48. The molecule has 1 rings (SSSR count). The van der Waals surface area contributed by atoms with Crippen LogP contribution in [0.15, 0.2) is 23.9 Å². The number of anilines is 1. The Balaban J connectivity index is 3.23. The SMILES string of the molecule is C=CN(/N=C\C)c1nc(Cl)c(CC)cc1F. The van der Waals surface area contributed by atoms with Gasteiger partial charge in [0, 0.05) is 12.4 Å². The van der Waals surface area contributed by atoms with E-state index in [1.54, 1.807) is 6.92 Å². The van der Waals surface area contributed by atoms with E-state index in [1.165, 1.54) is 23.5 Å². The third kappa shape index (κ3) is 2.58. The van der Waals surface area contributed by atoms with E-state index in [4.69, 9.17) is 11.6 Å². The number of aryl methyl sites for hydroxylation is 1. The molecule has 1 aromatic rings. The zero-order valence-corrected chi connectivity index (χ0v) is 10.00. The zero-order valence-electron chi connectivity index (χ0n) is 9.24. The second kappa shape index (κ2) is 5.61. The third-order valence-electron chi connectivity index (χ3n) is 1.99. The number of hydrogen-bond donors (Lipinski definition) is 0. The van der Waals surface area contributed by atoms with Gasteiger partial charge in [-0.3, -0.25) is 0 Å². The van der Waals surface area contributed by atoms with Crippen LogP contribution in [-0.2, 0) is 6.42 Å². The summed E-state index contributed by atoms with van der Waals surface area (Å²) in [5, 5.41) is 5.43. The smallest absolute Gasteiger partial charge is 0.191 e. The first-order chi connectivity index (χ1) is 7.63. The number of hydrogen-bond acceptors (Lipinski definition) is 3. The maximum atomic E-state index is 13.7. The third-order valence-corrected chi connectivity index (χ3v) is 2.32. The second-order valence-electron chi connectivity index (χ2n) is 3.00. The predicted octanol–water partition coefficient (Wildman–Crippen LogP) is 3.39. The molecule has 1 aromatic heterocycles. The molecule has 86 valence electrons. The van der Waals surface area contributed by atoms with Crippen LogP contribution >= 0.6 is 11.6 Å². The Morgan fingerprint density at radius 1 is 1.69 bits per heavy atom. The maximum Gasteiger partial charge on any atom is 0.191 e. The topological polar surface area (TPSA) is 28.5 Å². The summed E-state index contributed by atoms with van der Waals surface area (Å²) in [6.07, 6.45) is 3.52. The van der Waals surface area contributed by atoms with Gasteiger partial charge >= 0.3 is 0 Å². The van der Waals surface area contributed by atoms with Gasteiger partial charge in [-0.2, -0.15) is 5.10 Å². The molecule has 0 aliphatic carbocycles. The summed E-state index contributed by atoms with van der Waals surface area (Å²) >= 11 is 5.91. The molecule has 0 N–H and O–H groups in total. The van der Waals surface area contributed by atoms with E-state index in [1.807, 2.05) is 6.92 Å². The van der Waals surface area contributed by atoms with Gasteiger partial charge in [0.05, 0.1) is 0 Å². The average Bonchev–Trinajstić information content (AvgIpc) is 2.28. The number of aromatic nitrogens is 1. The Hall–Kier alpha value is -1.42. The van der Waals surface area contributed by atoms with E-state index in [9.17, 15) is 4.39 Å². The summed E-state index contributed by atoms with van der Waals surface area (Å²) < 4.78 is 13.7. The van der Waals surface area contributed by atoms with Crippen LogP contribution in [0.3, 0.4) is 0 Å². The minimum atomic E-state index is -0.466. The zero-order chi connectivity index (χ0) is 12.1. The van der Waals surface area contributed by atoms with E-state index in [0.29, 0.717) is 12.0 Å². The summed E-state index contributed by atoms with van der Waals surface area (Å²) in [4.78, 5) is 3.96. The molecule has 0 unspecified atom stereocenters. The first-order valence-electron chi connectivity index (χ1n) is 4.89. The molecule has 0 aliphatic heterocycles. The van der Waals surface area contributed by atoms with Crippen LogP contribution < -0.4 is 5.01 Å². The van der Waals surface area contributed by atoms with Crippen LogP contribution in [0.5, 0.6) is 0 Å². The number of rotatable bonds is 4. The van der Waals surface area contributed by atoms with Crippen molar-refractivity contribution in [1.29, 1.82) is 0 Å². The lowest BCUT2D eigenvalue weighted by Gasteiger charge is -2.14. The van der Waals surface area contributed by atoms with Crippen molar-refractivity contribution in [3.05, 3.63) is 35.4 Å². The van der Waals surface area contributed by atoms with Gasteiger partial charge in [-0.25, -0.2) is 14.4 Å². The van der Waals surface area contributed by atoms with Crippen molar-refractivity contribution in [3.8, 4) is 0 Å². The fourth-order valence-electron chi connectivity index (χ4n) is 1.22. The van der Waals surface area contributed by atoms with E-state index in [0.717, 1.165) is 0 Å². The molecule has 0 atom stereocenters. The number of halogens is 2. The minimum Gasteiger partial charge on any atom is -0.221 e. The molecule has 5 heteroatoms. The average molecular weight is 242 g/mol. The summed E-state index contributed by atoms with van der Waals surface area (Å²) in [6, 6.07) is 1.37. The van der Waals surface area contributed by atoms with Crippen molar-refractivity contribution in [1.82, 2.24) is 4.98 Å². The molecule has 3 nitrogen and oxygen atoms in total. The van der Waals surface area contributed by atoms with Gasteiger partial charge in [0.2, 0.25) is 0 Å². The van der Waals surface area contributed by atoms with Crippen LogP contribution in [0.1, 0.15) is 19.4 Å². The van der Waals surface area contributed by atoms with E-state index >= 15 is 0 Å². The number of nitrogens with zero attached hydrogens (tertiary/aromatic N) is 3. The molecule has 0 aromatic carbocycles. The van der Waals surface area contributed by atoms with Gasteiger partial charge in [0.1, 0.15) is 5.15 Å². The molecule has 0 spiro atoms. The monoisotopic (exact) mass is 241 g/mol. The van der Waals surface area contributed by atoms with Gasteiger partial charge < -0.3 is 0 Å². The van der Waals surface area contributed by atoms with Gasteiger partial charge in [-0.1, -0.05) is 25.1 Å². The molecule has 0 radical (unpaired) electrons. The van der Waals surface area contributed by atoms with Gasteiger partial charge in [0.15, 0.2) is 11.6 Å². The van der Waals surface area contributed by atoms with Crippen LogP contribution in [0, 0.1) is 5.82 Å². The van der Waals surface area contributed by atoms with Gasteiger partial charge in [0.25, 0.3) is 0 Å². The maximum absolute atomic E-state index is 13.7. The van der Waals surface area contributed by atoms with Crippen molar-refractivity contribution < 1.29 is 4.39 Å². The summed E-state index contributed by atoms with van der Waals surface area (Å²) in [5.41, 5.74) is 0.674. The molecule has 0 saturated heterocycles. The highest BCUT2D eigenvalue weighted by Crippen LogP contribution is 2.23. The van der Waals surface area contributed by atoms with Gasteiger partial charge in [-0.15, -0.1) is 0 Å². The molecule has 0 bridgehead atoms.